The Labute approximate surface area is 157 Å². The van der Waals surface area contributed by atoms with Crippen molar-refractivity contribution in [1.82, 2.24) is 9.55 Å². The highest BCUT2D eigenvalue weighted by atomic mass is 32.2. The van der Waals surface area contributed by atoms with E-state index < -0.39 is 0 Å². The highest BCUT2D eigenvalue weighted by Crippen LogP contribution is 2.30. The minimum absolute atomic E-state index is 0.0387. The maximum Gasteiger partial charge on any atom is 0.172 e. The summed E-state index contributed by atoms with van der Waals surface area (Å²) in [6.07, 6.45) is 3.69. The van der Waals surface area contributed by atoms with Crippen LogP contribution in [-0.2, 0) is 5.75 Å². The van der Waals surface area contributed by atoms with Gasteiger partial charge in [-0.2, -0.15) is 0 Å². The van der Waals surface area contributed by atoms with Crippen LogP contribution in [0, 0.1) is 0 Å². The number of aromatic nitrogens is 2. The molecule has 26 heavy (non-hydrogen) atoms. The Bertz CT molecular complexity index is 921. The molecule has 0 spiro atoms. The predicted molar refractivity (Wildman–Crippen MR) is 103 cm³/mol. The van der Waals surface area contributed by atoms with E-state index in [4.69, 9.17) is 9.47 Å². The molecule has 0 saturated heterocycles. The summed E-state index contributed by atoms with van der Waals surface area (Å²) < 4.78 is 12.7. The standard InChI is InChI=1S/C20H20N2O3S/c1-14(23)15-7-8-19(25-3)16(11-15)13-26-20-21-9-10-22(20)17-5-4-6-18(12-17)24-2/h4-12H,13H2,1-3H3. The van der Waals surface area contributed by atoms with Gasteiger partial charge in [0.2, 0.25) is 0 Å². The molecule has 0 aliphatic heterocycles. The van der Waals surface area contributed by atoms with Gasteiger partial charge < -0.3 is 9.47 Å². The van der Waals surface area contributed by atoms with Crippen molar-refractivity contribution < 1.29 is 14.3 Å². The van der Waals surface area contributed by atoms with E-state index in [9.17, 15) is 4.79 Å². The third-order valence-electron chi connectivity index (χ3n) is 3.98. The molecule has 0 fully saturated rings. The molecule has 1 aromatic heterocycles. The Balaban J connectivity index is 1.84. The fraction of sp³-hybridized carbons (Fsp3) is 0.200. The van der Waals surface area contributed by atoms with Crippen LogP contribution in [0.1, 0.15) is 22.8 Å². The number of methoxy groups -OCH3 is 2. The number of carbonyl (C=O) groups is 1. The predicted octanol–water partition coefficient (Wildman–Crippen LogP) is 4.38. The number of hydrogen-bond acceptors (Lipinski definition) is 5. The number of hydrogen-bond donors (Lipinski definition) is 0. The van der Waals surface area contributed by atoms with Crippen LogP contribution in [0.15, 0.2) is 60.0 Å². The van der Waals surface area contributed by atoms with Crippen LogP contribution in [0.3, 0.4) is 0 Å². The zero-order valence-corrected chi connectivity index (χ0v) is 15.7. The minimum atomic E-state index is 0.0387. The van der Waals surface area contributed by atoms with E-state index in [0.717, 1.165) is 27.9 Å². The molecule has 3 aromatic rings. The molecule has 0 radical (unpaired) electrons. The maximum absolute atomic E-state index is 11.7. The average Bonchev–Trinajstić information content (AvgIpc) is 3.14. The quantitative estimate of drug-likeness (QED) is 0.457. The van der Waals surface area contributed by atoms with Gasteiger partial charge in [0.15, 0.2) is 10.9 Å². The smallest absolute Gasteiger partial charge is 0.172 e. The van der Waals surface area contributed by atoms with Crippen molar-refractivity contribution in [1.29, 1.82) is 0 Å². The summed E-state index contributed by atoms with van der Waals surface area (Å²) in [6, 6.07) is 13.3. The van der Waals surface area contributed by atoms with Crippen molar-refractivity contribution in [3.63, 3.8) is 0 Å². The number of ketones is 1. The van der Waals surface area contributed by atoms with E-state index in [1.807, 2.05) is 47.2 Å². The molecule has 0 unspecified atom stereocenters. The van der Waals surface area contributed by atoms with Crippen LogP contribution in [0.25, 0.3) is 5.69 Å². The molecule has 0 bridgehead atoms. The van der Waals surface area contributed by atoms with Crippen LogP contribution in [0.4, 0.5) is 0 Å². The van der Waals surface area contributed by atoms with Crippen LogP contribution in [-0.4, -0.2) is 29.6 Å². The van der Waals surface area contributed by atoms with Crippen molar-refractivity contribution in [2.75, 3.05) is 14.2 Å². The molecule has 5 nitrogen and oxygen atoms in total. The topological polar surface area (TPSA) is 53.4 Å². The Hall–Kier alpha value is -2.73. The number of rotatable bonds is 7. The zero-order chi connectivity index (χ0) is 18.5. The lowest BCUT2D eigenvalue weighted by molar-refractivity contribution is 0.101. The van der Waals surface area contributed by atoms with Gasteiger partial charge >= 0.3 is 0 Å². The van der Waals surface area contributed by atoms with Gasteiger partial charge in [-0.1, -0.05) is 17.8 Å². The highest BCUT2D eigenvalue weighted by Gasteiger charge is 2.11. The average molecular weight is 368 g/mol. The number of imidazole rings is 1. The minimum Gasteiger partial charge on any atom is -0.497 e. The van der Waals surface area contributed by atoms with Crippen molar-refractivity contribution in [3.8, 4) is 17.2 Å². The summed E-state index contributed by atoms with van der Waals surface area (Å²) in [6.45, 7) is 1.56. The third kappa shape index (κ3) is 3.91. The van der Waals surface area contributed by atoms with Crippen molar-refractivity contribution >= 4 is 17.5 Å². The second-order valence-corrected chi connectivity index (χ2v) is 6.60. The lowest BCUT2D eigenvalue weighted by atomic mass is 10.1. The van der Waals surface area contributed by atoms with E-state index in [2.05, 4.69) is 4.98 Å². The first kappa shape index (κ1) is 18.1. The number of carbonyl (C=O) groups excluding carboxylic acids is 1. The van der Waals surface area contributed by atoms with E-state index >= 15 is 0 Å². The van der Waals surface area contributed by atoms with Gasteiger partial charge in [0.05, 0.1) is 19.9 Å². The molecule has 0 aliphatic rings. The summed E-state index contributed by atoms with van der Waals surface area (Å²) in [5.74, 6) is 2.24. The van der Waals surface area contributed by atoms with Gasteiger partial charge in [0, 0.05) is 35.3 Å². The summed E-state index contributed by atoms with van der Waals surface area (Å²) in [5.41, 5.74) is 2.62. The van der Waals surface area contributed by atoms with Crippen LogP contribution in [0.2, 0.25) is 0 Å². The summed E-state index contributed by atoms with van der Waals surface area (Å²) in [5, 5.41) is 0.855. The summed E-state index contributed by atoms with van der Waals surface area (Å²) in [7, 11) is 3.28. The molecular weight excluding hydrogens is 348 g/mol. The van der Waals surface area contributed by atoms with E-state index in [1.165, 1.54) is 0 Å². The first-order chi connectivity index (χ1) is 12.6. The molecule has 0 N–H and O–H groups in total. The van der Waals surface area contributed by atoms with Gasteiger partial charge in [-0.05, 0) is 37.3 Å². The molecule has 3 rings (SSSR count). The Kier molecular flexibility index (Phi) is 5.63. The van der Waals surface area contributed by atoms with Gasteiger partial charge in [-0.25, -0.2) is 4.98 Å². The molecule has 134 valence electrons. The van der Waals surface area contributed by atoms with E-state index in [-0.39, 0.29) is 5.78 Å². The second kappa shape index (κ2) is 8.10. The number of thioether (sulfide) groups is 1. The van der Waals surface area contributed by atoms with Gasteiger partial charge in [-0.3, -0.25) is 9.36 Å². The fourth-order valence-corrected chi connectivity index (χ4v) is 3.56. The number of Topliss-reactive ketones (excluding diaryl/α,β-unsaturated/α-hetero) is 1. The first-order valence-corrected chi connectivity index (χ1v) is 9.09. The van der Waals surface area contributed by atoms with Gasteiger partial charge in [-0.15, -0.1) is 0 Å². The van der Waals surface area contributed by atoms with Gasteiger partial charge in [0.25, 0.3) is 0 Å². The number of nitrogens with zero attached hydrogens (tertiary/aromatic N) is 2. The number of benzene rings is 2. The van der Waals surface area contributed by atoms with Crippen molar-refractivity contribution in [2.24, 2.45) is 0 Å². The van der Waals surface area contributed by atoms with Crippen molar-refractivity contribution in [2.45, 2.75) is 17.8 Å². The molecule has 0 aliphatic carbocycles. The zero-order valence-electron chi connectivity index (χ0n) is 14.9. The van der Waals surface area contributed by atoms with E-state index in [0.29, 0.717) is 11.3 Å². The molecule has 0 atom stereocenters. The largest absolute Gasteiger partial charge is 0.497 e. The molecule has 6 heteroatoms. The monoisotopic (exact) mass is 368 g/mol. The lowest BCUT2D eigenvalue weighted by Gasteiger charge is -2.11. The molecule has 0 amide bonds. The van der Waals surface area contributed by atoms with Crippen LogP contribution < -0.4 is 9.47 Å². The first-order valence-electron chi connectivity index (χ1n) is 8.11. The van der Waals surface area contributed by atoms with Crippen molar-refractivity contribution in [3.05, 3.63) is 66.0 Å². The fourth-order valence-electron chi connectivity index (χ4n) is 2.61. The summed E-state index contributed by atoms with van der Waals surface area (Å²) >= 11 is 1.58. The maximum atomic E-state index is 11.7. The third-order valence-corrected chi connectivity index (χ3v) is 5.00. The number of ether oxygens (including phenoxy) is 2. The summed E-state index contributed by atoms with van der Waals surface area (Å²) in [4.78, 5) is 16.1. The van der Waals surface area contributed by atoms with Gasteiger partial charge in [0.1, 0.15) is 11.5 Å². The van der Waals surface area contributed by atoms with Crippen LogP contribution in [0.5, 0.6) is 11.5 Å². The molecule has 2 aromatic carbocycles. The SMILES string of the molecule is COc1cccc(-n2ccnc2SCc2cc(C(C)=O)ccc2OC)c1. The van der Waals surface area contributed by atoms with Crippen LogP contribution >= 0.6 is 11.8 Å². The Morgan fingerprint density at radius 3 is 2.73 bits per heavy atom. The molecular formula is C20H20N2O3S. The normalized spacial score (nSPS) is 10.6. The molecule has 0 saturated carbocycles. The van der Waals surface area contributed by atoms with E-state index in [1.54, 1.807) is 45.2 Å². The Morgan fingerprint density at radius 2 is 2.00 bits per heavy atom. The lowest BCUT2D eigenvalue weighted by Crippen LogP contribution is -1.99. The Morgan fingerprint density at radius 1 is 1.15 bits per heavy atom. The second-order valence-electron chi connectivity index (χ2n) is 5.65. The highest BCUT2D eigenvalue weighted by molar-refractivity contribution is 7.98. The molecule has 1 heterocycles.